The minimum atomic E-state index is -2.66. The molecule has 0 bridgehead atoms. The van der Waals surface area contributed by atoms with Gasteiger partial charge in [-0.25, -0.2) is 8.78 Å². The number of aliphatic carboxylic acids is 1. The average Bonchev–Trinajstić information content (AvgIpc) is 2.51. The molecule has 2 atom stereocenters. The van der Waals surface area contributed by atoms with Gasteiger partial charge in [0.25, 0.3) is 5.92 Å². The molecule has 0 aromatic rings. The second-order valence-corrected chi connectivity index (χ2v) is 4.96. The van der Waals surface area contributed by atoms with Gasteiger partial charge in [0.05, 0.1) is 6.54 Å². The summed E-state index contributed by atoms with van der Waals surface area (Å²) in [5.41, 5.74) is 0. The maximum absolute atomic E-state index is 13.4. The van der Waals surface area contributed by atoms with Gasteiger partial charge in [-0.15, -0.1) is 0 Å². The maximum Gasteiger partial charge on any atom is 0.303 e. The molecule has 0 aromatic heterocycles. The van der Waals surface area contributed by atoms with Crippen LogP contribution in [0.5, 0.6) is 0 Å². The molecule has 1 heterocycles. The molecule has 1 N–H and O–H groups in total. The number of hydrogen-bond acceptors (Lipinski definition) is 2. The molecule has 1 saturated heterocycles. The van der Waals surface area contributed by atoms with E-state index in [-0.39, 0.29) is 31.5 Å². The Bertz CT molecular complexity index is 271. The second kappa shape index (κ2) is 5.76. The van der Waals surface area contributed by atoms with Crippen molar-refractivity contribution >= 4 is 5.97 Å². The predicted octanol–water partition coefficient (Wildman–Crippen LogP) is 2.75. The fourth-order valence-corrected chi connectivity index (χ4v) is 2.58. The lowest BCUT2D eigenvalue weighted by molar-refractivity contribution is -0.137. The standard InChI is InChI=1S/C12H21F2NO2/c1-3-4-9(2)15-8-12(13,14)7-10(15)5-6-11(16)17/h9-10H,3-8H2,1-2H3,(H,16,17)/t9?,10-/m1/s1. The Hall–Kier alpha value is -0.710. The molecule has 1 rings (SSSR count). The topological polar surface area (TPSA) is 40.5 Å². The molecule has 0 aliphatic carbocycles. The lowest BCUT2D eigenvalue weighted by Gasteiger charge is -2.29. The van der Waals surface area contributed by atoms with Gasteiger partial charge < -0.3 is 5.11 Å². The van der Waals surface area contributed by atoms with Crippen molar-refractivity contribution in [3.63, 3.8) is 0 Å². The van der Waals surface area contributed by atoms with E-state index in [1.54, 1.807) is 4.90 Å². The summed E-state index contributed by atoms with van der Waals surface area (Å²) in [6.07, 6.45) is 1.91. The average molecular weight is 249 g/mol. The van der Waals surface area contributed by atoms with Crippen molar-refractivity contribution in [3.05, 3.63) is 0 Å². The number of hydrogen-bond donors (Lipinski definition) is 1. The minimum absolute atomic E-state index is 0.0317. The van der Waals surface area contributed by atoms with Crippen LogP contribution in [0.25, 0.3) is 0 Å². The van der Waals surface area contributed by atoms with Crippen LogP contribution in [0.15, 0.2) is 0 Å². The van der Waals surface area contributed by atoms with Gasteiger partial charge in [0.15, 0.2) is 0 Å². The van der Waals surface area contributed by atoms with Gasteiger partial charge in [0, 0.05) is 24.9 Å². The van der Waals surface area contributed by atoms with Gasteiger partial charge in [-0.05, 0) is 19.8 Å². The van der Waals surface area contributed by atoms with Crippen LogP contribution in [0.4, 0.5) is 8.78 Å². The van der Waals surface area contributed by atoms with Crippen molar-refractivity contribution < 1.29 is 18.7 Å². The molecule has 0 saturated carbocycles. The Morgan fingerprint density at radius 3 is 2.76 bits per heavy atom. The van der Waals surface area contributed by atoms with Crippen LogP contribution in [-0.2, 0) is 4.79 Å². The number of carboxylic acid groups (broad SMARTS) is 1. The zero-order valence-corrected chi connectivity index (χ0v) is 10.5. The molecular formula is C12H21F2NO2. The maximum atomic E-state index is 13.4. The van der Waals surface area contributed by atoms with Gasteiger partial charge >= 0.3 is 5.97 Å². The van der Waals surface area contributed by atoms with E-state index < -0.39 is 11.9 Å². The highest BCUT2D eigenvalue weighted by molar-refractivity contribution is 5.66. The third kappa shape index (κ3) is 4.22. The molecule has 100 valence electrons. The molecule has 1 fully saturated rings. The first kappa shape index (κ1) is 14.4. The number of carbonyl (C=O) groups is 1. The normalized spacial score (nSPS) is 26.0. The first-order valence-electron chi connectivity index (χ1n) is 6.21. The summed E-state index contributed by atoms with van der Waals surface area (Å²) in [6, 6.07) is -0.185. The number of alkyl halides is 2. The zero-order valence-electron chi connectivity index (χ0n) is 10.5. The summed E-state index contributed by atoms with van der Waals surface area (Å²) in [5.74, 6) is -3.58. The van der Waals surface area contributed by atoms with Crippen LogP contribution < -0.4 is 0 Å². The Morgan fingerprint density at radius 1 is 1.59 bits per heavy atom. The number of rotatable bonds is 6. The van der Waals surface area contributed by atoms with E-state index >= 15 is 0 Å². The van der Waals surface area contributed by atoms with Crippen molar-refractivity contribution in [2.24, 2.45) is 0 Å². The Kier molecular flexibility index (Phi) is 4.86. The van der Waals surface area contributed by atoms with Gasteiger partial charge in [-0.1, -0.05) is 13.3 Å². The van der Waals surface area contributed by atoms with Crippen LogP contribution in [0, 0.1) is 0 Å². The molecule has 0 amide bonds. The van der Waals surface area contributed by atoms with Crippen LogP contribution in [-0.4, -0.2) is 40.5 Å². The predicted molar refractivity (Wildman–Crippen MR) is 61.3 cm³/mol. The fraction of sp³-hybridized carbons (Fsp3) is 0.917. The van der Waals surface area contributed by atoms with Crippen molar-refractivity contribution in [2.75, 3.05) is 6.54 Å². The zero-order chi connectivity index (χ0) is 13.1. The summed E-state index contributed by atoms with van der Waals surface area (Å²) < 4.78 is 26.8. The Balaban J connectivity index is 2.60. The highest BCUT2D eigenvalue weighted by atomic mass is 19.3. The summed E-state index contributed by atoms with van der Waals surface area (Å²) in [6.45, 7) is 3.74. The highest BCUT2D eigenvalue weighted by Crippen LogP contribution is 2.36. The molecule has 3 nitrogen and oxygen atoms in total. The molecular weight excluding hydrogens is 228 g/mol. The number of nitrogens with zero attached hydrogens (tertiary/aromatic N) is 1. The fourth-order valence-electron chi connectivity index (χ4n) is 2.58. The first-order valence-corrected chi connectivity index (χ1v) is 6.21. The molecule has 0 aromatic carbocycles. The van der Waals surface area contributed by atoms with Crippen molar-refractivity contribution in [2.45, 2.75) is 64.0 Å². The van der Waals surface area contributed by atoms with Crippen LogP contribution in [0.1, 0.15) is 46.0 Å². The number of halogens is 2. The third-order valence-electron chi connectivity index (χ3n) is 3.38. The SMILES string of the molecule is CCCC(C)N1CC(F)(F)C[C@H]1CCC(=O)O. The summed E-state index contributed by atoms with van der Waals surface area (Å²) in [5, 5.41) is 8.63. The Morgan fingerprint density at radius 2 is 2.24 bits per heavy atom. The summed E-state index contributed by atoms with van der Waals surface area (Å²) >= 11 is 0. The second-order valence-electron chi connectivity index (χ2n) is 4.96. The summed E-state index contributed by atoms with van der Waals surface area (Å²) in [7, 11) is 0. The van der Waals surface area contributed by atoms with Crippen molar-refractivity contribution in [3.8, 4) is 0 Å². The van der Waals surface area contributed by atoms with E-state index in [0.717, 1.165) is 12.8 Å². The van der Waals surface area contributed by atoms with E-state index in [1.165, 1.54) is 0 Å². The van der Waals surface area contributed by atoms with E-state index in [1.807, 2.05) is 13.8 Å². The lowest BCUT2D eigenvalue weighted by atomic mass is 10.1. The van der Waals surface area contributed by atoms with E-state index in [9.17, 15) is 13.6 Å². The van der Waals surface area contributed by atoms with Gasteiger partial charge in [-0.3, -0.25) is 9.69 Å². The molecule has 17 heavy (non-hydrogen) atoms. The number of likely N-dealkylation sites (tertiary alicyclic amines) is 1. The third-order valence-corrected chi connectivity index (χ3v) is 3.38. The van der Waals surface area contributed by atoms with Gasteiger partial charge in [-0.2, -0.15) is 0 Å². The van der Waals surface area contributed by atoms with Crippen LogP contribution in [0.2, 0.25) is 0 Å². The van der Waals surface area contributed by atoms with Crippen LogP contribution >= 0.6 is 0 Å². The minimum Gasteiger partial charge on any atom is -0.481 e. The molecule has 1 aliphatic heterocycles. The van der Waals surface area contributed by atoms with Crippen molar-refractivity contribution in [1.29, 1.82) is 0 Å². The van der Waals surface area contributed by atoms with Crippen LogP contribution in [0.3, 0.4) is 0 Å². The molecule has 0 spiro atoms. The quantitative estimate of drug-likeness (QED) is 0.787. The Labute approximate surface area is 101 Å². The largest absolute Gasteiger partial charge is 0.481 e. The first-order chi connectivity index (χ1) is 7.85. The van der Waals surface area contributed by atoms with E-state index in [4.69, 9.17) is 5.11 Å². The number of carboxylic acids is 1. The summed E-state index contributed by atoms with van der Waals surface area (Å²) in [4.78, 5) is 12.3. The monoisotopic (exact) mass is 249 g/mol. The van der Waals surface area contributed by atoms with Crippen molar-refractivity contribution in [1.82, 2.24) is 4.90 Å². The molecule has 1 aliphatic rings. The van der Waals surface area contributed by atoms with Gasteiger partial charge in [0.1, 0.15) is 0 Å². The van der Waals surface area contributed by atoms with Gasteiger partial charge in [0.2, 0.25) is 0 Å². The molecule has 0 radical (unpaired) electrons. The highest BCUT2D eigenvalue weighted by Gasteiger charge is 2.45. The van der Waals surface area contributed by atoms with E-state index in [2.05, 4.69) is 0 Å². The molecule has 1 unspecified atom stereocenters. The smallest absolute Gasteiger partial charge is 0.303 e. The van der Waals surface area contributed by atoms with E-state index in [0.29, 0.717) is 6.42 Å². The molecule has 5 heteroatoms. The lowest BCUT2D eigenvalue weighted by Crippen LogP contribution is -2.38.